The number of ether oxygens (including phenoxy) is 5. The average molecular weight is 844 g/mol. The second kappa shape index (κ2) is 19.9. The Bertz CT molecular complexity index is 1820. The van der Waals surface area contributed by atoms with Gasteiger partial charge in [0.2, 0.25) is 5.91 Å². The highest BCUT2D eigenvalue weighted by atomic mass is 32.1. The van der Waals surface area contributed by atoms with Gasteiger partial charge in [-0.3, -0.25) is 24.4 Å². The van der Waals surface area contributed by atoms with E-state index in [2.05, 4.69) is 20.1 Å². The van der Waals surface area contributed by atoms with Gasteiger partial charge in [0.15, 0.2) is 18.7 Å². The number of carbonyl (C=O) groups is 3. The van der Waals surface area contributed by atoms with E-state index < -0.39 is 77.3 Å². The Balaban J connectivity index is 1.61. The lowest BCUT2D eigenvalue weighted by atomic mass is 9.76. The molecule has 0 unspecified atom stereocenters. The molecule has 2 N–H and O–H groups in total. The quantitative estimate of drug-likeness (QED) is 0.215. The molecular weight excluding hydrogens is 783 g/mol. The van der Waals surface area contributed by atoms with Crippen LogP contribution in [0.3, 0.4) is 0 Å². The predicted molar refractivity (Wildman–Crippen MR) is 220 cm³/mol. The summed E-state index contributed by atoms with van der Waals surface area (Å²) in [6.07, 6.45) is -0.111. The fourth-order valence-electron chi connectivity index (χ4n) is 8.23. The van der Waals surface area contributed by atoms with Gasteiger partial charge < -0.3 is 43.6 Å². The molecule has 0 spiro atoms. The Hall–Kier alpha value is -3.55. The number of aliphatic imine (C=N–C) groups is 1. The van der Waals surface area contributed by atoms with E-state index in [1.165, 1.54) is 32.1 Å². The van der Waals surface area contributed by atoms with Gasteiger partial charge in [-0.1, -0.05) is 25.9 Å². The molecule has 59 heavy (non-hydrogen) atoms. The summed E-state index contributed by atoms with van der Waals surface area (Å²) >= 11 is 1.48. The molecule has 1 amide bonds. The Morgan fingerprint density at radius 2 is 1.86 bits per heavy atom. The van der Waals surface area contributed by atoms with Crippen molar-refractivity contribution in [3.8, 4) is 10.6 Å². The maximum absolute atomic E-state index is 14.5. The molecule has 3 aliphatic heterocycles. The van der Waals surface area contributed by atoms with Gasteiger partial charge in [0, 0.05) is 48.3 Å². The van der Waals surface area contributed by atoms with E-state index in [1.807, 2.05) is 45.0 Å². The number of fused-ring (bicyclic) bond motifs is 5. The number of hydrogen-bond donors (Lipinski definition) is 2. The molecule has 3 fully saturated rings. The third kappa shape index (κ3) is 11.2. The van der Waals surface area contributed by atoms with Gasteiger partial charge in [-0.05, 0) is 79.1 Å². The van der Waals surface area contributed by atoms with Gasteiger partial charge in [-0.25, -0.2) is 4.99 Å². The fraction of sp³-hybridized carbons (Fsp3) is 0.690. The van der Waals surface area contributed by atoms with Crippen LogP contribution in [0.15, 0.2) is 40.9 Å². The Labute approximate surface area is 350 Å². The fourth-order valence-corrected chi connectivity index (χ4v) is 9.10. The number of thiophene rings is 1. The number of aliphatic hydroxyl groups excluding tert-OH is 1. The van der Waals surface area contributed by atoms with Crippen LogP contribution in [0.5, 0.6) is 0 Å². The van der Waals surface area contributed by atoms with Crippen molar-refractivity contribution in [1.82, 2.24) is 14.9 Å². The zero-order valence-electron chi connectivity index (χ0n) is 35.8. The molecule has 2 aromatic rings. The van der Waals surface area contributed by atoms with E-state index in [-0.39, 0.29) is 51.2 Å². The highest BCUT2D eigenvalue weighted by molar-refractivity contribution is 7.15. The summed E-state index contributed by atoms with van der Waals surface area (Å²) in [5.41, 5.74) is -1.76. The van der Waals surface area contributed by atoms with Crippen LogP contribution in [-0.2, 0) is 49.5 Å². The maximum Gasteiger partial charge on any atom is 0.316 e. The lowest BCUT2D eigenvalue weighted by molar-refractivity contribution is -0.296. The second-order valence-electron chi connectivity index (χ2n) is 16.7. The number of cyclic esters (lactones) is 1. The summed E-state index contributed by atoms with van der Waals surface area (Å²) in [5.74, 6) is -4.55. The summed E-state index contributed by atoms with van der Waals surface area (Å²) in [4.78, 5) is 63.5. The molecule has 3 saturated heterocycles. The van der Waals surface area contributed by atoms with Crippen molar-refractivity contribution in [2.75, 3.05) is 27.3 Å². The monoisotopic (exact) mass is 843 g/mol. The van der Waals surface area contributed by atoms with Gasteiger partial charge in [-0.2, -0.15) is 0 Å². The Morgan fingerprint density at radius 1 is 1.12 bits per heavy atom. The predicted octanol–water partition coefficient (Wildman–Crippen LogP) is 4.39. The first-order chi connectivity index (χ1) is 27.8. The largest absolute Gasteiger partial charge is 0.459 e. The van der Waals surface area contributed by atoms with Gasteiger partial charge in [-0.15, -0.1) is 11.3 Å². The number of rotatable bonds is 8. The third-order valence-corrected chi connectivity index (χ3v) is 12.7. The molecule has 0 saturated carbocycles. The van der Waals surface area contributed by atoms with Crippen LogP contribution >= 0.6 is 11.3 Å². The van der Waals surface area contributed by atoms with Crippen LogP contribution in [0.1, 0.15) is 86.0 Å². The zero-order chi connectivity index (χ0) is 43.2. The summed E-state index contributed by atoms with van der Waals surface area (Å²) < 4.78 is 32.3. The zero-order valence-corrected chi connectivity index (χ0v) is 36.6. The number of amides is 1. The van der Waals surface area contributed by atoms with Crippen molar-refractivity contribution < 1.29 is 53.1 Å². The van der Waals surface area contributed by atoms with Crippen molar-refractivity contribution in [2.45, 2.75) is 142 Å². The summed E-state index contributed by atoms with van der Waals surface area (Å²) in [7, 11) is 3.73. The number of aliphatic hydroxyl groups is 2. The van der Waals surface area contributed by atoms with Gasteiger partial charge in [0.1, 0.15) is 29.4 Å². The first-order valence-electron chi connectivity index (χ1n) is 20.3. The normalized spacial score (nSPS) is 36.8. The molecule has 17 heteroatoms. The molecule has 2 aromatic heterocycles. The lowest BCUT2D eigenvalue weighted by Crippen LogP contribution is -2.59. The number of likely N-dealkylation sites (N-methyl/N-ethyl adjacent to an activating group) is 1. The highest BCUT2D eigenvalue weighted by Crippen LogP contribution is 2.39. The average Bonchev–Trinajstić information content (AvgIpc) is 3.66. The van der Waals surface area contributed by atoms with Crippen molar-refractivity contribution >= 4 is 40.4 Å². The first-order valence-corrected chi connectivity index (χ1v) is 21.1. The van der Waals surface area contributed by atoms with Crippen molar-refractivity contribution in [2.24, 2.45) is 27.9 Å². The van der Waals surface area contributed by atoms with E-state index in [4.69, 9.17) is 28.5 Å². The summed E-state index contributed by atoms with van der Waals surface area (Å²) in [6, 6.07) is 3.53. The standard InChI is InChI=1S/C42H61N5O11S/c1-11-34-42(8,52)35-17-30(45-27(6)48)23(2)18-41(7,54-21-28(20-53-35)46-55-22-29-12-13-33(59-29)31-19-43-14-15-44-31)38(25(4)36(49)26(5)39(51)57-34)58-40-37(50)32(47(9)10)16-24(3)56-40/h12-15,19,23-26,32,34-35,37-38,40,50,52H,11,16-18,20-22H2,1-10H3/b45-30?,46-28-/t23-,24-,25+,26-,32+,34-,35-,37-,38-,40+,41-,42-/m1/s1. The third-order valence-electron chi connectivity index (χ3n) is 11.6. The number of oxime groups is 1. The molecule has 16 nitrogen and oxygen atoms in total. The molecule has 0 radical (unpaired) electrons. The SMILES string of the molecule is CC[C@H]1OC(=O)[C@H](C)C(=O)[C@H](C)[C@@H](O[C@@H]2O[C@H](C)C[C@H](N(C)C)[C@H]2O)[C@@]2(C)C[C@@H](C)C(=NC(C)=O)C[C@@H](OC/C(=N/OCc3ccc(-c4cnccn4)s3)CO2)[C@]1(C)O. The first kappa shape index (κ1) is 46.5. The van der Waals surface area contributed by atoms with Crippen LogP contribution in [0, 0.1) is 17.8 Å². The van der Waals surface area contributed by atoms with E-state index in [1.54, 1.807) is 39.4 Å². The molecule has 5 heterocycles. The van der Waals surface area contributed by atoms with Crippen LogP contribution in [0.25, 0.3) is 10.6 Å². The van der Waals surface area contributed by atoms with Crippen LogP contribution in [0.2, 0.25) is 0 Å². The number of ketones is 1. The van der Waals surface area contributed by atoms with Crippen LogP contribution in [-0.4, -0.2) is 136 Å². The number of nitrogens with zero attached hydrogens (tertiary/aromatic N) is 5. The topological polar surface area (TPSA) is 201 Å². The Morgan fingerprint density at radius 3 is 2.53 bits per heavy atom. The molecule has 0 aromatic carbocycles. The van der Waals surface area contributed by atoms with E-state index >= 15 is 0 Å². The van der Waals surface area contributed by atoms with E-state index in [9.17, 15) is 24.6 Å². The van der Waals surface area contributed by atoms with Gasteiger partial charge >= 0.3 is 5.97 Å². The summed E-state index contributed by atoms with van der Waals surface area (Å²) in [5, 5.41) is 28.4. The number of hydrogen-bond acceptors (Lipinski definition) is 16. The molecular formula is C42H61N5O11S. The molecule has 0 aliphatic carbocycles. The molecule has 5 rings (SSSR count). The number of Topliss-reactive ketones (excluding diaryl/α,β-unsaturated/α-hetero) is 1. The molecule has 326 valence electrons. The minimum absolute atomic E-state index is 0.0194. The van der Waals surface area contributed by atoms with Gasteiger partial charge in [0.05, 0.1) is 53.9 Å². The molecule has 12 atom stereocenters. The van der Waals surface area contributed by atoms with Crippen molar-refractivity contribution in [1.29, 1.82) is 0 Å². The van der Waals surface area contributed by atoms with Crippen LogP contribution in [0.4, 0.5) is 0 Å². The minimum Gasteiger partial charge on any atom is -0.459 e. The summed E-state index contributed by atoms with van der Waals surface area (Å²) in [6.45, 7) is 13.0. The van der Waals surface area contributed by atoms with E-state index in [0.717, 1.165) is 15.4 Å². The highest BCUT2D eigenvalue weighted by Gasteiger charge is 2.51. The number of esters is 1. The van der Waals surface area contributed by atoms with Gasteiger partial charge in [0.25, 0.3) is 0 Å². The smallest absolute Gasteiger partial charge is 0.316 e. The van der Waals surface area contributed by atoms with Crippen LogP contribution < -0.4 is 0 Å². The maximum atomic E-state index is 14.5. The Kier molecular flexibility index (Phi) is 15.7. The van der Waals surface area contributed by atoms with E-state index in [0.29, 0.717) is 17.8 Å². The lowest BCUT2D eigenvalue weighted by Gasteiger charge is -2.47. The number of aromatic nitrogens is 2. The van der Waals surface area contributed by atoms with Crippen molar-refractivity contribution in [3.63, 3.8) is 0 Å². The van der Waals surface area contributed by atoms with Crippen molar-refractivity contribution in [3.05, 3.63) is 35.6 Å². The number of carbonyl (C=O) groups excluding carboxylic acids is 3. The molecule has 2 bridgehead atoms. The minimum atomic E-state index is -1.82. The second-order valence-corrected chi connectivity index (χ2v) is 17.9. The molecule has 3 aliphatic rings.